The van der Waals surface area contributed by atoms with Crippen molar-refractivity contribution in [1.82, 2.24) is 15.5 Å². The van der Waals surface area contributed by atoms with Gasteiger partial charge in [0, 0.05) is 12.5 Å². The van der Waals surface area contributed by atoms with Crippen molar-refractivity contribution < 1.29 is 4.52 Å². The molecule has 1 aromatic rings. The molecule has 4 heteroatoms. The third kappa shape index (κ3) is 2.58. The Hall–Kier alpha value is -0.900. The van der Waals surface area contributed by atoms with Gasteiger partial charge in [-0.1, -0.05) is 32.3 Å². The molecule has 1 aliphatic rings. The van der Waals surface area contributed by atoms with Crippen LogP contribution in [0.3, 0.4) is 0 Å². The molecule has 0 radical (unpaired) electrons. The molecule has 1 aromatic heterocycles. The second-order valence-corrected chi connectivity index (χ2v) is 5.58. The lowest BCUT2D eigenvalue weighted by Crippen LogP contribution is -2.43. The first-order chi connectivity index (χ1) is 8.72. The molecule has 2 rings (SSSR count). The van der Waals surface area contributed by atoms with Gasteiger partial charge in [-0.25, -0.2) is 0 Å². The monoisotopic (exact) mass is 251 g/mol. The van der Waals surface area contributed by atoms with E-state index in [2.05, 4.69) is 36.2 Å². The van der Waals surface area contributed by atoms with Gasteiger partial charge in [-0.3, -0.25) is 0 Å². The van der Waals surface area contributed by atoms with E-state index in [1.807, 2.05) is 0 Å². The molecule has 1 aliphatic heterocycles. The average Bonchev–Trinajstić information content (AvgIpc) is 2.89. The molecule has 1 N–H and O–H groups in total. The number of nitrogens with zero attached hydrogens (tertiary/aromatic N) is 2. The van der Waals surface area contributed by atoms with E-state index in [-0.39, 0.29) is 5.41 Å². The maximum Gasteiger partial charge on any atom is 0.234 e. The smallest absolute Gasteiger partial charge is 0.234 e. The Balaban J connectivity index is 2.22. The van der Waals surface area contributed by atoms with Crippen molar-refractivity contribution in [1.29, 1.82) is 0 Å². The fraction of sp³-hybridized carbons (Fsp3) is 0.857. The highest BCUT2D eigenvalue weighted by molar-refractivity contribution is 5.09. The van der Waals surface area contributed by atoms with Gasteiger partial charge in [0.25, 0.3) is 0 Å². The lowest BCUT2D eigenvalue weighted by Gasteiger charge is -2.34. The van der Waals surface area contributed by atoms with E-state index in [0.29, 0.717) is 5.92 Å². The van der Waals surface area contributed by atoms with Gasteiger partial charge in [0.05, 0.1) is 5.41 Å². The number of hydrogen-bond acceptors (Lipinski definition) is 4. The van der Waals surface area contributed by atoms with Crippen LogP contribution in [0.15, 0.2) is 4.52 Å². The number of hydrogen-bond donors (Lipinski definition) is 1. The first-order valence-electron chi connectivity index (χ1n) is 7.26. The Morgan fingerprint density at radius 2 is 2.28 bits per heavy atom. The van der Waals surface area contributed by atoms with Crippen LogP contribution in [0.1, 0.15) is 70.5 Å². The lowest BCUT2D eigenvalue weighted by atomic mass is 9.77. The summed E-state index contributed by atoms with van der Waals surface area (Å²) < 4.78 is 5.58. The predicted molar refractivity (Wildman–Crippen MR) is 71.7 cm³/mol. The third-order valence-corrected chi connectivity index (χ3v) is 4.15. The largest absolute Gasteiger partial charge is 0.339 e. The highest BCUT2D eigenvalue weighted by Crippen LogP contribution is 2.35. The molecule has 2 heterocycles. The topological polar surface area (TPSA) is 51.0 Å². The molecule has 2 unspecified atom stereocenters. The van der Waals surface area contributed by atoms with Gasteiger partial charge in [0.1, 0.15) is 0 Å². The number of nitrogens with one attached hydrogen (secondary N) is 1. The third-order valence-electron chi connectivity index (χ3n) is 4.15. The van der Waals surface area contributed by atoms with Crippen molar-refractivity contribution >= 4 is 0 Å². The summed E-state index contributed by atoms with van der Waals surface area (Å²) in [6.07, 6.45) is 5.69. The van der Waals surface area contributed by atoms with Crippen molar-refractivity contribution in [3.8, 4) is 0 Å². The molecule has 1 fully saturated rings. The average molecular weight is 251 g/mol. The first kappa shape index (κ1) is 13.5. The van der Waals surface area contributed by atoms with Gasteiger partial charge in [-0.15, -0.1) is 0 Å². The van der Waals surface area contributed by atoms with Crippen LogP contribution >= 0.6 is 0 Å². The van der Waals surface area contributed by atoms with E-state index in [0.717, 1.165) is 50.5 Å². The molecule has 0 amide bonds. The summed E-state index contributed by atoms with van der Waals surface area (Å²) in [5.41, 5.74) is 0.0751. The van der Waals surface area contributed by atoms with E-state index in [1.165, 1.54) is 6.42 Å². The van der Waals surface area contributed by atoms with E-state index >= 15 is 0 Å². The van der Waals surface area contributed by atoms with E-state index in [1.54, 1.807) is 0 Å². The van der Waals surface area contributed by atoms with Crippen molar-refractivity contribution in [3.05, 3.63) is 11.7 Å². The van der Waals surface area contributed by atoms with Crippen LogP contribution in [0.2, 0.25) is 0 Å². The van der Waals surface area contributed by atoms with E-state index in [9.17, 15) is 0 Å². The second kappa shape index (κ2) is 5.83. The number of piperidine rings is 1. The Morgan fingerprint density at radius 1 is 1.44 bits per heavy atom. The summed E-state index contributed by atoms with van der Waals surface area (Å²) in [6, 6.07) is 0. The maximum atomic E-state index is 5.58. The van der Waals surface area contributed by atoms with Gasteiger partial charge in [0.15, 0.2) is 5.82 Å². The quantitative estimate of drug-likeness (QED) is 0.874. The SMILES string of the molecule is CCCC1(c2nc(C(C)CC)no2)CCCNC1. The van der Waals surface area contributed by atoms with Gasteiger partial charge in [-0.2, -0.15) is 4.98 Å². The highest BCUT2D eigenvalue weighted by Gasteiger charge is 2.38. The summed E-state index contributed by atoms with van der Waals surface area (Å²) in [4.78, 5) is 4.68. The van der Waals surface area contributed by atoms with Crippen LogP contribution in [-0.2, 0) is 5.41 Å². The molecule has 0 spiro atoms. The molecule has 0 saturated carbocycles. The van der Waals surface area contributed by atoms with Gasteiger partial charge in [-0.05, 0) is 32.2 Å². The number of rotatable bonds is 5. The lowest BCUT2D eigenvalue weighted by molar-refractivity contribution is 0.213. The van der Waals surface area contributed by atoms with Crippen molar-refractivity contribution in [2.24, 2.45) is 0 Å². The van der Waals surface area contributed by atoms with Crippen molar-refractivity contribution in [2.75, 3.05) is 13.1 Å². The van der Waals surface area contributed by atoms with Crippen molar-refractivity contribution in [2.45, 2.75) is 64.2 Å². The zero-order valence-electron chi connectivity index (χ0n) is 11.8. The molecule has 0 bridgehead atoms. The fourth-order valence-corrected chi connectivity index (χ4v) is 2.78. The summed E-state index contributed by atoms with van der Waals surface area (Å²) in [7, 11) is 0. The van der Waals surface area contributed by atoms with Crippen LogP contribution in [0, 0.1) is 0 Å². The standard InChI is InChI=1S/C14H25N3O/c1-4-7-14(8-6-9-15-10-14)13-16-12(17-18-13)11(3)5-2/h11,15H,4-10H2,1-3H3. The Bertz CT molecular complexity index is 363. The minimum atomic E-state index is 0.0751. The summed E-state index contributed by atoms with van der Waals surface area (Å²) in [6.45, 7) is 8.62. The molecular formula is C14H25N3O. The molecule has 2 atom stereocenters. The molecule has 0 aromatic carbocycles. The summed E-state index contributed by atoms with van der Waals surface area (Å²) in [5, 5.41) is 7.66. The zero-order chi connectivity index (χ0) is 13.0. The van der Waals surface area contributed by atoms with Gasteiger partial charge >= 0.3 is 0 Å². The maximum absolute atomic E-state index is 5.58. The molecule has 1 saturated heterocycles. The molecule has 18 heavy (non-hydrogen) atoms. The van der Waals surface area contributed by atoms with Crippen LogP contribution in [0.25, 0.3) is 0 Å². The minimum Gasteiger partial charge on any atom is -0.339 e. The van der Waals surface area contributed by atoms with Gasteiger partial charge < -0.3 is 9.84 Å². The van der Waals surface area contributed by atoms with Gasteiger partial charge in [0.2, 0.25) is 5.89 Å². The Morgan fingerprint density at radius 3 is 2.89 bits per heavy atom. The molecule has 102 valence electrons. The number of aromatic nitrogens is 2. The minimum absolute atomic E-state index is 0.0751. The van der Waals surface area contributed by atoms with Crippen molar-refractivity contribution in [3.63, 3.8) is 0 Å². The van der Waals surface area contributed by atoms with Crippen LogP contribution in [0.4, 0.5) is 0 Å². The predicted octanol–water partition coefficient (Wildman–Crippen LogP) is 3.00. The summed E-state index contributed by atoms with van der Waals surface area (Å²) in [5.74, 6) is 2.11. The van der Waals surface area contributed by atoms with Crippen LogP contribution in [-0.4, -0.2) is 23.2 Å². The first-order valence-corrected chi connectivity index (χ1v) is 7.26. The van der Waals surface area contributed by atoms with Crippen LogP contribution < -0.4 is 5.32 Å². The van der Waals surface area contributed by atoms with E-state index in [4.69, 9.17) is 4.52 Å². The van der Waals surface area contributed by atoms with Crippen LogP contribution in [0.5, 0.6) is 0 Å². The normalized spacial score (nSPS) is 26.2. The fourth-order valence-electron chi connectivity index (χ4n) is 2.78. The van der Waals surface area contributed by atoms with E-state index < -0.39 is 0 Å². The highest BCUT2D eigenvalue weighted by atomic mass is 16.5. The Kier molecular flexibility index (Phi) is 4.38. The molecule has 4 nitrogen and oxygen atoms in total. The summed E-state index contributed by atoms with van der Waals surface area (Å²) >= 11 is 0. The Labute approximate surface area is 110 Å². The molecular weight excluding hydrogens is 226 g/mol. The second-order valence-electron chi connectivity index (χ2n) is 5.58. The molecule has 0 aliphatic carbocycles. The zero-order valence-corrected chi connectivity index (χ0v) is 11.8.